The number of nitrogens with one attached hydrogen (secondary N) is 4. The predicted octanol–water partition coefficient (Wildman–Crippen LogP) is -0.859. The van der Waals surface area contributed by atoms with Crippen LogP contribution in [0.5, 0.6) is 0 Å². The molecule has 4 rings (SSSR count). The van der Waals surface area contributed by atoms with Crippen LogP contribution in [0.1, 0.15) is 24.5 Å². The van der Waals surface area contributed by atoms with Crippen LogP contribution in [0.25, 0.3) is 0 Å². The maximum Gasteiger partial charge on any atom is 0.302 e. The van der Waals surface area contributed by atoms with Gasteiger partial charge in [-0.05, 0) is 23.3 Å². The number of hydrogen-bond acceptors (Lipinski definition) is 12. The quantitative estimate of drug-likeness (QED) is 0.121. The molecule has 0 aliphatic carbocycles. The standard InChI is InChI=1S/C39H49N7O11/c1-28(47)57-27-30-7-9-31(10-8-30)42-33(48)25-41-39(54)32(23-29-5-3-2-4-6-29)43-34(49)24-40-35(50)26-44-15-19-55-21-17-45(18-22-56-20-16-44)36(51)13-14-46-37(52)11-12-38(46)53/h2-12,32H,13-27H2,1H3,(H,40,50)(H,41,54)(H,42,48)(H,43,49)/t32-/m0/s1. The molecule has 0 bridgehead atoms. The number of carbonyl (C=O) groups is 8. The smallest absolute Gasteiger partial charge is 0.302 e. The third-order valence-corrected chi connectivity index (χ3v) is 8.77. The Morgan fingerprint density at radius 2 is 1.35 bits per heavy atom. The molecule has 0 radical (unpaired) electrons. The van der Waals surface area contributed by atoms with E-state index in [1.54, 1.807) is 53.4 Å². The van der Waals surface area contributed by atoms with Crippen molar-refractivity contribution >= 4 is 53.0 Å². The van der Waals surface area contributed by atoms with Crippen LogP contribution < -0.4 is 21.3 Å². The summed E-state index contributed by atoms with van der Waals surface area (Å²) in [5.41, 5.74) is 1.98. The van der Waals surface area contributed by atoms with Crippen molar-refractivity contribution < 1.29 is 52.6 Å². The molecule has 2 aromatic rings. The molecule has 2 heterocycles. The van der Waals surface area contributed by atoms with Gasteiger partial charge in [0, 0.05) is 70.3 Å². The van der Waals surface area contributed by atoms with Gasteiger partial charge in [-0.1, -0.05) is 42.5 Å². The van der Waals surface area contributed by atoms with E-state index in [0.29, 0.717) is 18.8 Å². The minimum atomic E-state index is -1.04. The third kappa shape index (κ3) is 16.0. The summed E-state index contributed by atoms with van der Waals surface area (Å²) in [5, 5.41) is 10.5. The van der Waals surface area contributed by atoms with Crippen molar-refractivity contribution in [2.45, 2.75) is 32.4 Å². The number of rotatable bonds is 16. The molecule has 1 atom stereocenters. The zero-order valence-corrected chi connectivity index (χ0v) is 31.9. The second-order valence-corrected chi connectivity index (χ2v) is 13.1. The summed E-state index contributed by atoms with van der Waals surface area (Å²) in [5.74, 6) is -3.65. The van der Waals surface area contributed by atoms with Crippen LogP contribution in [0.15, 0.2) is 66.7 Å². The second kappa shape index (κ2) is 23.2. The van der Waals surface area contributed by atoms with Crippen molar-refractivity contribution in [2.75, 3.05) is 84.1 Å². The summed E-state index contributed by atoms with van der Waals surface area (Å²) < 4.78 is 16.4. The Morgan fingerprint density at radius 3 is 1.98 bits per heavy atom. The van der Waals surface area contributed by atoms with Crippen LogP contribution in [0, 0.1) is 0 Å². The fourth-order valence-corrected chi connectivity index (χ4v) is 5.70. The Kier molecular flexibility index (Phi) is 17.8. The van der Waals surface area contributed by atoms with Crippen molar-refractivity contribution in [2.24, 2.45) is 0 Å². The molecule has 2 aliphatic rings. The highest BCUT2D eigenvalue weighted by Gasteiger charge is 2.26. The predicted molar refractivity (Wildman–Crippen MR) is 204 cm³/mol. The molecular formula is C39H49N7O11. The minimum absolute atomic E-state index is 0.00927. The highest BCUT2D eigenvalue weighted by Crippen LogP contribution is 2.11. The molecule has 0 spiro atoms. The number of benzene rings is 2. The summed E-state index contributed by atoms with van der Waals surface area (Å²) in [6, 6.07) is 14.6. The summed E-state index contributed by atoms with van der Waals surface area (Å²) in [7, 11) is 0. The fourth-order valence-electron chi connectivity index (χ4n) is 5.70. The molecule has 306 valence electrons. The molecule has 2 aromatic carbocycles. The monoisotopic (exact) mass is 791 g/mol. The summed E-state index contributed by atoms with van der Waals surface area (Å²) in [4.78, 5) is 103. The first-order valence-electron chi connectivity index (χ1n) is 18.6. The lowest BCUT2D eigenvalue weighted by molar-refractivity contribution is -0.142. The Hall–Kier alpha value is -5.98. The van der Waals surface area contributed by atoms with Gasteiger partial charge in [-0.3, -0.25) is 48.2 Å². The van der Waals surface area contributed by atoms with E-state index in [4.69, 9.17) is 14.2 Å². The van der Waals surface area contributed by atoms with Crippen molar-refractivity contribution in [3.05, 3.63) is 77.9 Å². The molecule has 2 aliphatic heterocycles. The van der Waals surface area contributed by atoms with E-state index in [2.05, 4.69) is 21.3 Å². The zero-order chi connectivity index (χ0) is 41.0. The summed E-state index contributed by atoms with van der Waals surface area (Å²) in [6.45, 7) is 2.88. The van der Waals surface area contributed by atoms with Crippen LogP contribution in [0.4, 0.5) is 5.69 Å². The van der Waals surface area contributed by atoms with E-state index in [1.165, 1.54) is 19.1 Å². The van der Waals surface area contributed by atoms with E-state index in [0.717, 1.165) is 16.0 Å². The van der Waals surface area contributed by atoms with Crippen molar-refractivity contribution in [3.63, 3.8) is 0 Å². The van der Waals surface area contributed by atoms with Gasteiger partial charge in [0.25, 0.3) is 11.8 Å². The Labute approximate surface area is 330 Å². The zero-order valence-electron chi connectivity index (χ0n) is 31.9. The molecule has 0 aromatic heterocycles. The van der Waals surface area contributed by atoms with Gasteiger partial charge in [-0.15, -0.1) is 0 Å². The van der Waals surface area contributed by atoms with Gasteiger partial charge in [0.2, 0.25) is 29.5 Å². The van der Waals surface area contributed by atoms with E-state index < -0.39 is 54.0 Å². The number of esters is 1. The Morgan fingerprint density at radius 1 is 0.737 bits per heavy atom. The van der Waals surface area contributed by atoms with Gasteiger partial charge < -0.3 is 40.4 Å². The van der Waals surface area contributed by atoms with Crippen LogP contribution in [0.2, 0.25) is 0 Å². The molecule has 0 saturated carbocycles. The molecule has 18 nitrogen and oxygen atoms in total. The first-order valence-corrected chi connectivity index (χ1v) is 18.6. The minimum Gasteiger partial charge on any atom is -0.461 e. The van der Waals surface area contributed by atoms with E-state index in [1.807, 2.05) is 11.0 Å². The first kappa shape index (κ1) is 43.7. The average Bonchev–Trinajstić information content (AvgIpc) is 3.51. The topological polar surface area (TPSA) is 222 Å². The maximum atomic E-state index is 13.2. The van der Waals surface area contributed by atoms with Gasteiger partial charge in [-0.25, -0.2) is 0 Å². The van der Waals surface area contributed by atoms with Crippen molar-refractivity contribution in [1.82, 2.24) is 30.7 Å². The molecule has 7 amide bonds. The number of nitrogens with zero attached hydrogens (tertiary/aromatic N) is 3. The molecule has 18 heteroatoms. The lowest BCUT2D eigenvalue weighted by Crippen LogP contribution is -2.52. The largest absolute Gasteiger partial charge is 0.461 e. The highest BCUT2D eigenvalue weighted by atomic mass is 16.5. The maximum absolute atomic E-state index is 13.2. The SMILES string of the molecule is CC(=O)OCc1ccc(NC(=O)CNC(=O)[C@H](Cc2ccccc2)NC(=O)CNC(=O)CN2CCOCCN(C(=O)CCN3C(=O)C=CC3=O)CCOCC2)cc1. The van der Waals surface area contributed by atoms with Crippen molar-refractivity contribution in [1.29, 1.82) is 0 Å². The van der Waals surface area contributed by atoms with Crippen LogP contribution in [-0.2, 0) is 65.6 Å². The van der Waals surface area contributed by atoms with Gasteiger partial charge in [0.05, 0.1) is 46.1 Å². The fraction of sp³-hybridized carbons (Fsp3) is 0.436. The molecule has 4 N–H and O–H groups in total. The number of hydrogen-bond donors (Lipinski definition) is 4. The summed E-state index contributed by atoms with van der Waals surface area (Å²) in [6.07, 6.45) is 2.47. The lowest BCUT2D eigenvalue weighted by Gasteiger charge is -2.26. The number of imide groups is 1. The van der Waals surface area contributed by atoms with Crippen molar-refractivity contribution in [3.8, 4) is 0 Å². The van der Waals surface area contributed by atoms with Gasteiger partial charge in [0.15, 0.2) is 0 Å². The number of carbonyl (C=O) groups excluding carboxylic acids is 8. The van der Waals surface area contributed by atoms with Gasteiger partial charge in [0.1, 0.15) is 12.6 Å². The van der Waals surface area contributed by atoms with Gasteiger partial charge in [-0.2, -0.15) is 0 Å². The lowest BCUT2D eigenvalue weighted by atomic mass is 10.1. The second-order valence-electron chi connectivity index (χ2n) is 13.1. The van der Waals surface area contributed by atoms with Gasteiger partial charge >= 0.3 is 5.97 Å². The van der Waals surface area contributed by atoms with E-state index >= 15 is 0 Å². The Balaban J connectivity index is 1.19. The Bertz CT molecular complexity index is 1720. The summed E-state index contributed by atoms with van der Waals surface area (Å²) >= 11 is 0. The van der Waals surface area contributed by atoms with Crippen LogP contribution in [0.3, 0.4) is 0 Å². The third-order valence-electron chi connectivity index (χ3n) is 8.77. The van der Waals surface area contributed by atoms with E-state index in [9.17, 15) is 38.4 Å². The van der Waals surface area contributed by atoms with Crippen LogP contribution in [-0.4, -0.2) is 147 Å². The normalized spacial score (nSPS) is 15.8. The first-order chi connectivity index (χ1) is 27.5. The molecule has 0 unspecified atom stereocenters. The molecule has 1 fully saturated rings. The highest BCUT2D eigenvalue weighted by molar-refractivity contribution is 6.13. The average molecular weight is 792 g/mol. The number of ether oxygens (including phenoxy) is 3. The number of amides is 7. The number of anilines is 1. The van der Waals surface area contributed by atoms with E-state index in [-0.39, 0.29) is 84.5 Å². The molecular weight excluding hydrogens is 742 g/mol. The molecule has 1 saturated heterocycles. The van der Waals surface area contributed by atoms with Crippen LogP contribution >= 0.6 is 0 Å². The molecule has 57 heavy (non-hydrogen) atoms.